The predicted octanol–water partition coefficient (Wildman–Crippen LogP) is -1.11. The van der Waals surface area contributed by atoms with Gasteiger partial charge in [-0.15, -0.1) is 0 Å². The first kappa shape index (κ1) is 3.27. The second-order valence-electron chi connectivity index (χ2n) is 0.882. The topological polar surface area (TPSA) is 42.8 Å². The van der Waals surface area contributed by atoms with Crippen molar-refractivity contribution in [2.45, 2.75) is 0 Å². The zero-order valence-electron chi connectivity index (χ0n) is 3.33. The van der Waals surface area contributed by atoms with E-state index >= 15 is 0 Å². The van der Waals surface area contributed by atoms with Crippen LogP contribution in [0.1, 0.15) is 0 Å². The van der Waals surface area contributed by atoms with Gasteiger partial charge in [0.1, 0.15) is 7.05 Å². The Labute approximate surface area is 34.3 Å². The number of hydrogen-bond acceptors (Lipinski definition) is 3. The van der Waals surface area contributed by atoms with Crippen molar-refractivity contribution >= 4 is 0 Å². The Morgan fingerprint density at radius 2 is 2.67 bits per heavy atom. The van der Waals surface area contributed by atoms with Crippen LogP contribution in [0.15, 0.2) is 11.0 Å². The van der Waals surface area contributed by atoms with Gasteiger partial charge in [0.2, 0.25) is 0 Å². The van der Waals surface area contributed by atoms with Gasteiger partial charge in [-0.25, -0.2) is 0 Å². The highest BCUT2D eigenvalue weighted by Crippen LogP contribution is 1.50. The van der Waals surface area contributed by atoms with Crippen LogP contribution in [-0.4, -0.2) is 10.3 Å². The highest BCUT2D eigenvalue weighted by atomic mass is 16.6. The second kappa shape index (κ2) is 1.04. The maximum Gasteiger partial charge on any atom is 0.321 e. The highest BCUT2D eigenvalue weighted by molar-refractivity contribution is 4.15. The van der Waals surface area contributed by atoms with Gasteiger partial charge in [-0.2, -0.15) is 0 Å². The molecule has 0 unspecified atom stereocenters. The third-order valence-corrected chi connectivity index (χ3v) is 0.427. The monoisotopic (exact) mass is 86.0 g/mol. The van der Waals surface area contributed by atoms with Crippen LogP contribution < -0.4 is 4.85 Å². The Kier molecular flexibility index (Phi) is 0.567. The predicted molar refractivity (Wildman–Crippen MR) is 15.5 cm³/mol. The number of rotatable bonds is 0. The minimum atomic E-state index is 1.26. The summed E-state index contributed by atoms with van der Waals surface area (Å²) in [7, 11) is 1.66. The first-order valence-electron chi connectivity index (χ1n) is 1.53. The lowest BCUT2D eigenvalue weighted by atomic mass is 11.4. The maximum absolute atomic E-state index is 4.39. The average Bonchev–Trinajstić information content (AvgIpc) is 1.86. The van der Waals surface area contributed by atoms with Crippen molar-refractivity contribution in [2.24, 2.45) is 7.05 Å². The Hall–Kier alpha value is -0.930. The van der Waals surface area contributed by atoms with Crippen LogP contribution in [0.25, 0.3) is 0 Å². The van der Waals surface area contributed by atoms with Crippen LogP contribution in [0, 0.1) is 0 Å². The van der Waals surface area contributed by atoms with Crippen LogP contribution in [0.2, 0.25) is 0 Å². The van der Waals surface area contributed by atoms with E-state index in [4.69, 9.17) is 0 Å². The molecular formula is C2H4N3O+. The molecule has 0 spiro atoms. The van der Waals surface area contributed by atoms with Crippen molar-refractivity contribution in [1.82, 2.24) is 10.3 Å². The van der Waals surface area contributed by atoms with Crippen LogP contribution in [0.3, 0.4) is 0 Å². The third kappa shape index (κ3) is 0.357. The molecule has 0 fully saturated rings. The molecule has 0 aliphatic carbocycles. The molecule has 1 aromatic heterocycles. The van der Waals surface area contributed by atoms with Crippen molar-refractivity contribution in [3.05, 3.63) is 6.33 Å². The molecule has 0 aliphatic rings. The first-order valence-corrected chi connectivity index (χ1v) is 1.53. The molecule has 0 atom stereocenters. The molecule has 0 radical (unpaired) electrons. The molecule has 32 valence electrons. The molecule has 6 heavy (non-hydrogen) atoms. The minimum Gasteiger partial charge on any atom is -0.0615 e. The van der Waals surface area contributed by atoms with Gasteiger partial charge in [0.25, 0.3) is 0 Å². The van der Waals surface area contributed by atoms with Crippen LogP contribution in [0.5, 0.6) is 0 Å². The lowest BCUT2D eigenvalue weighted by Gasteiger charge is -1.58. The zero-order chi connectivity index (χ0) is 4.41. The molecule has 4 nitrogen and oxygen atoms in total. The molecule has 0 aliphatic heterocycles. The van der Waals surface area contributed by atoms with E-state index in [9.17, 15) is 0 Å². The van der Waals surface area contributed by atoms with E-state index in [2.05, 4.69) is 14.9 Å². The Bertz CT molecular complexity index is 112. The van der Waals surface area contributed by atoms with E-state index in [0.717, 1.165) is 0 Å². The molecular weight excluding hydrogens is 82.0 g/mol. The summed E-state index contributed by atoms with van der Waals surface area (Å²) < 4.78 is 4.39. The van der Waals surface area contributed by atoms with Crippen molar-refractivity contribution < 1.29 is 9.48 Å². The molecule has 0 amide bonds. The summed E-state index contributed by atoms with van der Waals surface area (Å²) in [5.74, 6) is 0. The smallest absolute Gasteiger partial charge is 0.0615 e. The SMILES string of the molecule is C[n+]1ncno1. The number of aromatic nitrogens is 3. The Morgan fingerprint density at radius 1 is 1.83 bits per heavy atom. The first-order chi connectivity index (χ1) is 2.89. The van der Waals surface area contributed by atoms with Gasteiger partial charge in [-0.05, 0) is 5.10 Å². The molecule has 0 bridgehead atoms. The van der Waals surface area contributed by atoms with E-state index in [1.165, 1.54) is 11.2 Å². The van der Waals surface area contributed by atoms with E-state index in [-0.39, 0.29) is 0 Å². The summed E-state index contributed by atoms with van der Waals surface area (Å²) in [4.78, 5) is 1.26. The second-order valence-corrected chi connectivity index (χ2v) is 0.882. The third-order valence-electron chi connectivity index (χ3n) is 0.427. The van der Waals surface area contributed by atoms with E-state index < -0.39 is 0 Å². The minimum absolute atomic E-state index is 1.26. The summed E-state index contributed by atoms with van der Waals surface area (Å²) in [6.07, 6.45) is 1.33. The van der Waals surface area contributed by atoms with Crippen LogP contribution in [-0.2, 0) is 7.05 Å². The van der Waals surface area contributed by atoms with Crippen molar-refractivity contribution in [3.63, 3.8) is 0 Å². The summed E-state index contributed by atoms with van der Waals surface area (Å²) in [6.45, 7) is 0. The Morgan fingerprint density at radius 3 is 2.83 bits per heavy atom. The normalized spacial score (nSPS) is 8.83. The molecule has 1 heterocycles. The summed E-state index contributed by atoms with van der Waals surface area (Å²) >= 11 is 0. The fraction of sp³-hybridized carbons (Fsp3) is 0.500. The van der Waals surface area contributed by atoms with Gasteiger partial charge < -0.3 is 0 Å². The van der Waals surface area contributed by atoms with E-state index in [1.54, 1.807) is 7.05 Å². The lowest BCUT2D eigenvalue weighted by molar-refractivity contribution is -0.898. The van der Waals surface area contributed by atoms with Crippen molar-refractivity contribution in [1.29, 1.82) is 0 Å². The van der Waals surface area contributed by atoms with Gasteiger partial charge in [-0.1, -0.05) is 4.63 Å². The van der Waals surface area contributed by atoms with E-state index in [1.807, 2.05) is 0 Å². The standard InChI is InChI=1S/C2H4N3O/c1-5-3-2-4-6-5/h2H,1H3/q+1. The fourth-order valence-corrected chi connectivity index (χ4v) is 0.204. The zero-order valence-corrected chi connectivity index (χ0v) is 3.33. The molecule has 1 aromatic rings. The number of aryl methyl sites for hydroxylation is 1. The molecule has 0 saturated heterocycles. The highest BCUT2D eigenvalue weighted by Gasteiger charge is 1.87. The van der Waals surface area contributed by atoms with E-state index in [0.29, 0.717) is 0 Å². The summed E-state index contributed by atoms with van der Waals surface area (Å²) in [5, 5.41) is 6.85. The molecule has 1 rings (SSSR count). The van der Waals surface area contributed by atoms with Crippen molar-refractivity contribution in [3.8, 4) is 0 Å². The summed E-state index contributed by atoms with van der Waals surface area (Å²) in [6, 6.07) is 0. The largest absolute Gasteiger partial charge is 0.321 e. The van der Waals surface area contributed by atoms with Crippen LogP contribution >= 0.6 is 0 Å². The van der Waals surface area contributed by atoms with Gasteiger partial charge in [-0.3, -0.25) is 0 Å². The maximum atomic E-state index is 4.39. The fourth-order valence-electron chi connectivity index (χ4n) is 0.204. The Balaban J connectivity index is 3.05. The van der Waals surface area contributed by atoms with Gasteiger partial charge in [0, 0.05) is 4.85 Å². The van der Waals surface area contributed by atoms with Gasteiger partial charge in [0.15, 0.2) is 5.16 Å². The van der Waals surface area contributed by atoms with Gasteiger partial charge >= 0.3 is 6.33 Å². The molecule has 4 heteroatoms. The molecule has 0 saturated carbocycles. The van der Waals surface area contributed by atoms with Crippen molar-refractivity contribution in [2.75, 3.05) is 0 Å². The lowest BCUT2D eigenvalue weighted by Crippen LogP contribution is -2.27. The quantitative estimate of drug-likeness (QED) is 0.376. The average molecular weight is 86.1 g/mol. The van der Waals surface area contributed by atoms with Gasteiger partial charge in [0.05, 0.1) is 0 Å². The molecule has 0 aromatic carbocycles. The number of nitrogens with zero attached hydrogens (tertiary/aromatic N) is 3. The number of hydrogen-bond donors (Lipinski definition) is 0. The molecule has 0 N–H and O–H groups in total. The summed E-state index contributed by atoms with van der Waals surface area (Å²) in [5.41, 5.74) is 0. The van der Waals surface area contributed by atoms with Crippen LogP contribution in [0.4, 0.5) is 0 Å².